The molecule has 2 aromatic rings. The zero-order valence-electron chi connectivity index (χ0n) is 14.1. The summed E-state index contributed by atoms with van der Waals surface area (Å²) >= 11 is 1.63. The summed E-state index contributed by atoms with van der Waals surface area (Å²) in [6.45, 7) is 0.444. The van der Waals surface area contributed by atoms with Crippen molar-refractivity contribution in [1.29, 1.82) is 0 Å². The zero-order valence-corrected chi connectivity index (χ0v) is 14.9. The number of aromatic nitrogens is 2. The van der Waals surface area contributed by atoms with Crippen molar-refractivity contribution in [2.24, 2.45) is 7.05 Å². The maximum atomic E-state index is 12.7. The molecule has 0 fully saturated rings. The highest BCUT2D eigenvalue weighted by molar-refractivity contribution is 7.98. The van der Waals surface area contributed by atoms with Crippen molar-refractivity contribution in [1.82, 2.24) is 20.0 Å². The molecular weight excluding hydrogens is 328 g/mol. The van der Waals surface area contributed by atoms with Crippen LogP contribution in [0.15, 0.2) is 35.2 Å². The Balaban J connectivity index is 2.02. The lowest BCUT2D eigenvalue weighted by atomic mass is 10.2. The van der Waals surface area contributed by atoms with Crippen molar-refractivity contribution in [2.75, 3.05) is 19.1 Å². The second-order valence-corrected chi connectivity index (χ2v) is 6.49. The number of carbonyl (C=O) groups is 2. The number of nitrogens with one attached hydrogen (secondary N) is 1. The van der Waals surface area contributed by atoms with Crippen molar-refractivity contribution in [3.63, 3.8) is 0 Å². The van der Waals surface area contributed by atoms with Crippen molar-refractivity contribution in [2.45, 2.75) is 19.0 Å². The minimum Gasteiger partial charge on any atom is -0.459 e. The molecule has 0 aliphatic heterocycles. The minimum absolute atomic E-state index is 0.132. The van der Waals surface area contributed by atoms with E-state index < -0.39 is 6.04 Å². The van der Waals surface area contributed by atoms with Gasteiger partial charge in [0.1, 0.15) is 6.04 Å². The van der Waals surface area contributed by atoms with E-state index in [1.54, 1.807) is 46.7 Å². The molecule has 1 unspecified atom stereocenters. The van der Waals surface area contributed by atoms with E-state index in [9.17, 15) is 9.59 Å². The Hall–Kier alpha value is -2.22. The van der Waals surface area contributed by atoms with Crippen LogP contribution in [-0.4, -0.2) is 51.6 Å². The second-order valence-electron chi connectivity index (χ2n) is 5.50. The molecule has 0 aliphatic rings. The number of thioether (sulfide) groups is 1. The van der Waals surface area contributed by atoms with Crippen molar-refractivity contribution in [3.8, 4) is 0 Å². The fourth-order valence-electron chi connectivity index (χ4n) is 2.30. The van der Waals surface area contributed by atoms with Gasteiger partial charge >= 0.3 is 0 Å². The zero-order chi connectivity index (χ0) is 17.5. The molecule has 0 spiro atoms. The molecule has 7 nitrogen and oxygen atoms in total. The average molecular weight is 350 g/mol. The van der Waals surface area contributed by atoms with Crippen LogP contribution >= 0.6 is 11.8 Å². The second kappa shape index (κ2) is 8.58. The molecule has 0 aromatic carbocycles. The molecule has 2 heterocycles. The molecule has 2 amide bonds. The normalized spacial score (nSPS) is 12.0. The molecule has 24 heavy (non-hydrogen) atoms. The first-order valence-corrected chi connectivity index (χ1v) is 8.96. The van der Waals surface area contributed by atoms with Crippen molar-refractivity contribution in [3.05, 3.63) is 42.1 Å². The summed E-state index contributed by atoms with van der Waals surface area (Å²) in [6, 6.07) is 2.63. The Bertz CT molecular complexity index is 669. The first-order chi connectivity index (χ1) is 11.5. The summed E-state index contributed by atoms with van der Waals surface area (Å²) in [6.07, 6.45) is 7.55. The monoisotopic (exact) mass is 350 g/mol. The maximum absolute atomic E-state index is 12.7. The van der Waals surface area contributed by atoms with E-state index in [0.29, 0.717) is 13.0 Å². The Morgan fingerprint density at radius 1 is 1.50 bits per heavy atom. The third kappa shape index (κ3) is 4.89. The van der Waals surface area contributed by atoms with Crippen molar-refractivity contribution >= 4 is 23.6 Å². The minimum atomic E-state index is -0.586. The molecule has 0 bridgehead atoms. The highest BCUT2D eigenvalue weighted by Crippen LogP contribution is 2.09. The smallest absolute Gasteiger partial charge is 0.287 e. The largest absolute Gasteiger partial charge is 0.459 e. The fraction of sp³-hybridized carbons (Fsp3) is 0.438. The molecule has 2 aromatic heterocycles. The Morgan fingerprint density at radius 3 is 2.88 bits per heavy atom. The summed E-state index contributed by atoms with van der Waals surface area (Å²) < 4.78 is 6.78. The van der Waals surface area contributed by atoms with E-state index in [2.05, 4.69) is 10.4 Å². The third-order valence-electron chi connectivity index (χ3n) is 3.51. The number of furan rings is 1. The van der Waals surface area contributed by atoms with Gasteiger partial charge in [-0.1, -0.05) is 0 Å². The van der Waals surface area contributed by atoms with Gasteiger partial charge in [-0.3, -0.25) is 14.3 Å². The van der Waals surface area contributed by atoms with Crippen LogP contribution in [0, 0.1) is 0 Å². The number of hydrogen-bond donors (Lipinski definition) is 1. The van der Waals surface area contributed by atoms with Crippen LogP contribution in [-0.2, 0) is 18.4 Å². The van der Waals surface area contributed by atoms with Gasteiger partial charge in [0.25, 0.3) is 5.91 Å². The summed E-state index contributed by atoms with van der Waals surface area (Å²) in [4.78, 5) is 26.5. The lowest BCUT2D eigenvalue weighted by Crippen LogP contribution is -2.47. The Labute approximate surface area is 145 Å². The average Bonchev–Trinajstić information content (AvgIpc) is 3.22. The molecule has 0 saturated carbocycles. The van der Waals surface area contributed by atoms with Crippen LogP contribution in [0.25, 0.3) is 0 Å². The van der Waals surface area contributed by atoms with Gasteiger partial charge in [-0.15, -0.1) is 0 Å². The van der Waals surface area contributed by atoms with Crippen LogP contribution < -0.4 is 5.32 Å². The lowest BCUT2D eigenvalue weighted by molar-refractivity contribution is -0.132. The predicted octanol–water partition coefficient (Wildman–Crippen LogP) is 1.52. The number of aryl methyl sites for hydroxylation is 1. The van der Waals surface area contributed by atoms with E-state index in [1.807, 2.05) is 19.5 Å². The van der Waals surface area contributed by atoms with Crippen LogP contribution in [0.5, 0.6) is 0 Å². The molecule has 0 radical (unpaired) electrons. The van der Waals surface area contributed by atoms with Gasteiger partial charge in [-0.25, -0.2) is 0 Å². The van der Waals surface area contributed by atoms with E-state index in [-0.39, 0.29) is 17.6 Å². The van der Waals surface area contributed by atoms with Gasteiger partial charge in [0.05, 0.1) is 12.5 Å². The quantitative estimate of drug-likeness (QED) is 0.781. The molecule has 130 valence electrons. The van der Waals surface area contributed by atoms with Crippen LogP contribution in [0.2, 0.25) is 0 Å². The number of carbonyl (C=O) groups excluding carboxylic acids is 2. The molecule has 0 saturated heterocycles. The van der Waals surface area contributed by atoms with Crippen LogP contribution in [0.1, 0.15) is 22.5 Å². The predicted molar refractivity (Wildman–Crippen MR) is 92.6 cm³/mol. The standard InChI is InChI=1S/C16H22N4O3S/c1-19(10-12-9-17-20(2)11-12)16(22)13(6-8-24-3)18-15(21)14-5-4-7-23-14/h4-5,7,9,11,13H,6,8,10H2,1-3H3,(H,18,21). The molecule has 2 rings (SSSR count). The van der Waals surface area contributed by atoms with Crippen LogP contribution in [0.4, 0.5) is 0 Å². The molecule has 0 aliphatic carbocycles. The molecule has 8 heteroatoms. The Morgan fingerprint density at radius 2 is 2.29 bits per heavy atom. The maximum Gasteiger partial charge on any atom is 0.287 e. The van der Waals surface area contributed by atoms with Gasteiger partial charge in [0.2, 0.25) is 5.91 Å². The number of amides is 2. The van der Waals surface area contributed by atoms with Crippen molar-refractivity contribution < 1.29 is 14.0 Å². The molecular formula is C16H22N4O3S. The number of nitrogens with zero attached hydrogens (tertiary/aromatic N) is 3. The van der Waals surface area contributed by atoms with Gasteiger partial charge in [0.15, 0.2) is 5.76 Å². The highest BCUT2D eigenvalue weighted by Gasteiger charge is 2.25. The summed E-state index contributed by atoms with van der Waals surface area (Å²) in [5.41, 5.74) is 0.939. The third-order valence-corrected chi connectivity index (χ3v) is 4.16. The summed E-state index contributed by atoms with van der Waals surface area (Å²) in [5, 5.41) is 6.87. The summed E-state index contributed by atoms with van der Waals surface area (Å²) in [7, 11) is 3.55. The SMILES string of the molecule is CSCCC(NC(=O)c1ccco1)C(=O)N(C)Cc1cnn(C)c1. The summed E-state index contributed by atoms with van der Waals surface area (Å²) in [5.74, 6) is 0.462. The van der Waals surface area contributed by atoms with E-state index in [0.717, 1.165) is 11.3 Å². The van der Waals surface area contributed by atoms with E-state index >= 15 is 0 Å². The lowest BCUT2D eigenvalue weighted by Gasteiger charge is -2.24. The number of likely N-dealkylation sites (N-methyl/N-ethyl adjacent to an activating group) is 1. The molecule has 1 N–H and O–H groups in total. The van der Waals surface area contributed by atoms with E-state index in [1.165, 1.54) is 6.26 Å². The first-order valence-electron chi connectivity index (χ1n) is 7.57. The first kappa shape index (κ1) is 18.1. The number of rotatable bonds is 8. The number of hydrogen-bond acceptors (Lipinski definition) is 5. The van der Waals surface area contributed by atoms with Gasteiger partial charge in [-0.2, -0.15) is 16.9 Å². The van der Waals surface area contributed by atoms with Gasteiger partial charge in [0, 0.05) is 32.4 Å². The van der Waals surface area contributed by atoms with Gasteiger partial charge < -0.3 is 14.6 Å². The molecule has 1 atom stereocenters. The fourth-order valence-corrected chi connectivity index (χ4v) is 2.77. The highest BCUT2D eigenvalue weighted by atomic mass is 32.2. The topological polar surface area (TPSA) is 80.4 Å². The van der Waals surface area contributed by atoms with Gasteiger partial charge in [-0.05, 0) is 30.6 Å². The Kier molecular flexibility index (Phi) is 6.48. The van der Waals surface area contributed by atoms with E-state index in [4.69, 9.17) is 4.42 Å². The van der Waals surface area contributed by atoms with Crippen LogP contribution in [0.3, 0.4) is 0 Å².